The molecule has 2 aromatic rings. The Kier molecular flexibility index (Phi) is 1.46. The fourth-order valence-corrected chi connectivity index (χ4v) is 1.17. The van der Waals surface area contributed by atoms with Crippen LogP contribution in [-0.4, -0.2) is 10.2 Å². The lowest BCUT2D eigenvalue weighted by Crippen LogP contribution is -1.86. The lowest BCUT2D eigenvalue weighted by molar-refractivity contribution is 0.626. The molecule has 0 saturated carbocycles. The van der Waals surface area contributed by atoms with Gasteiger partial charge in [0.05, 0.1) is 11.1 Å². The molecule has 3 N–H and O–H groups in total. The number of H-pyrrole nitrogens is 1. The van der Waals surface area contributed by atoms with Crippen LogP contribution in [0.3, 0.4) is 0 Å². The fraction of sp³-hybridized carbons (Fsp3) is 0. The molecule has 0 atom stereocenters. The maximum atomic E-state index is 13.1. The average Bonchev–Trinajstić information content (AvgIpc) is 2.47. The molecular weight excluding hydrogens is 169 g/mol. The number of aromatic nitrogens is 2. The Morgan fingerprint density at radius 3 is 3.00 bits per heavy atom. The van der Waals surface area contributed by atoms with Crippen molar-refractivity contribution in [3.8, 4) is 12.3 Å². The third kappa shape index (κ3) is 1.02. The van der Waals surface area contributed by atoms with Crippen molar-refractivity contribution in [1.29, 1.82) is 0 Å². The van der Waals surface area contributed by atoms with Crippen LogP contribution < -0.4 is 5.73 Å². The molecule has 1 heterocycles. The topological polar surface area (TPSA) is 54.7 Å². The zero-order valence-corrected chi connectivity index (χ0v) is 6.63. The zero-order valence-electron chi connectivity index (χ0n) is 6.63. The minimum Gasteiger partial charge on any atom is -0.382 e. The van der Waals surface area contributed by atoms with Crippen molar-refractivity contribution in [2.75, 3.05) is 5.73 Å². The largest absolute Gasteiger partial charge is 0.382 e. The Bertz CT molecular complexity index is 507. The Morgan fingerprint density at radius 2 is 2.31 bits per heavy atom. The van der Waals surface area contributed by atoms with Gasteiger partial charge in [0.25, 0.3) is 0 Å². The number of anilines is 1. The first-order valence-electron chi connectivity index (χ1n) is 3.62. The second-order valence-electron chi connectivity index (χ2n) is 2.63. The summed E-state index contributed by atoms with van der Waals surface area (Å²) in [4.78, 5) is 0. The predicted molar refractivity (Wildman–Crippen MR) is 48.4 cm³/mol. The standard InChI is InChI=1S/C9H6FN3/c1-2-5-3-8-6(4-7(5)10)9(11)13-12-8/h1,3-4H,(H3,11,12,13). The molecule has 2 rings (SSSR count). The average molecular weight is 175 g/mol. The van der Waals surface area contributed by atoms with Crippen molar-refractivity contribution >= 4 is 16.7 Å². The summed E-state index contributed by atoms with van der Waals surface area (Å²) in [6, 6.07) is 2.79. The number of nitrogens with zero attached hydrogens (tertiary/aromatic N) is 1. The van der Waals surface area contributed by atoms with Gasteiger partial charge in [-0.15, -0.1) is 6.42 Å². The summed E-state index contributed by atoms with van der Waals surface area (Å²) in [5.41, 5.74) is 6.33. The Morgan fingerprint density at radius 1 is 1.54 bits per heavy atom. The minimum atomic E-state index is -0.455. The van der Waals surface area contributed by atoms with E-state index in [1.54, 1.807) is 0 Å². The van der Waals surface area contributed by atoms with Gasteiger partial charge in [-0.05, 0) is 12.1 Å². The summed E-state index contributed by atoms with van der Waals surface area (Å²) in [5, 5.41) is 6.93. The molecule has 4 heteroatoms. The number of aromatic amines is 1. The Balaban J connectivity index is 2.85. The first kappa shape index (κ1) is 7.62. The van der Waals surface area contributed by atoms with Crippen LogP contribution in [-0.2, 0) is 0 Å². The number of hydrogen-bond donors (Lipinski definition) is 2. The minimum absolute atomic E-state index is 0.205. The lowest BCUT2D eigenvalue weighted by Gasteiger charge is -1.94. The second kappa shape index (κ2) is 2.49. The predicted octanol–water partition coefficient (Wildman–Crippen LogP) is 1.27. The quantitative estimate of drug-likeness (QED) is 0.592. The first-order valence-corrected chi connectivity index (χ1v) is 3.62. The van der Waals surface area contributed by atoms with E-state index in [-0.39, 0.29) is 11.4 Å². The van der Waals surface area contributed by atoms with Gasteiger partial charge in [-0.25, -0.2) is 4.39 Å². The first-order chi connectivity index (χ1) is 6.22. The molecule has 64 valence electrons. The Hall–Kier alpha value is -2.02. The molecule has 0 fully saturated rings. The summed E-state index contributed by atoms with van der Waals surface area (Å²) in [6.07, 6.45) is 5.09. The van der Waals surface area contributed by atoms with Crippen molar-refractivity contribution in [3.63, 3.8) is 0 Å². The summed E-state index contributed by atoms with van der Waals surface area (Å²) >= 11 is 0. The second-order valence-corrected chi connectivity index (χ2v) is 2.63. The van der Waals surface area contributed by atoms with Gasteiger partial charge in [-0.2, -0.15) is 5.10 Å². The molecular formula is C9H6FN3. The van der Waals surface area contributed by atoms with Crippen LogP contribution in [0.2, 0.25) is 0 Å². The SMILES string of the molecule is C#Cc1cc2[nH]nc(N)c2cc1F. The molecule has 0 aliphatic heterocycles. The van der Waals surface area contributed by atoms with Gasteiger partial charge < -0.3 is 5.73 Å². The number of benzene rings is 1. The van der Waals surface area contributed by atoms with Crippen LogP contribution in [0.1, 0.15) is 5.56 Å². The molecule has 0 saturated heterocycles. The van der Waals surface area contributed by atoms with E-state index in [1.165, 1.54) is 12.1 Å². The van der Waals surface area contributed by atoms with Crippen molar-refractivity contribution in [1.82, 2.24) is 10.2 Å². The van der Waals surface area contributed by atoms with E-state index in [0.717, 1.165) is 0 Å². The normalized spacial score (nSPS) is 10.2. The van der Waals surface area contributed by atoms with Crippen LogP contribution in [0, 0.1) is 18.2 Å². The van der Waals surface area contributed by atoms with Crippen molar-refractivity contribution in [3.05, 3.63) is 23.5 Å². The van der Waals surface area contributed by atoms with E-state index >= 15 is 0 Å². The van der Waals surface area contributed by atoms with Gasteiger partial charge in [0, 0.05) is 5.39 Å². The highest BCUT2D eigenvalue weighted by molar-refractivity contribution is 5.89. The number of nitrogens with two attached hydrogens (primary N) is 1. The molecule has 0 spiro atoms. The van der Waals surface area contributed by atoms with Crippen LogP contribution in [0.25, 0.3) is 10.9 Å². The summed E-state index contributed by atoms with van der Waals surface area (Å²) in [5.74, 6) is 2.05. The van der Waals surface area contributed by atoms with E-state index < -0.39 is 5.82 Å². The maximum absolute atomic E-state index is 13.1. The summed E-state index contributed by atoms with van der Waals surface area (Å²) in [6.45, 7) is 0. The zero-order chi connectivity index (χ0) is 9.42. The van der Waals surface area contributed by atoms with Gasteiger partial charge in [-0.1, -0.05) is 5.92 Å². The van der Waals surface area contributed by atoms with E-state index in [9.17, 15) is 4.39 Å². The third-order valence-corrected chi connectivity index (χ3v) is 1.84. The monoisotopic (exact) mass is 175 g/mol. The molecule has 0 bridgehead atoms. The highest BCUT2D eigenvalue weighted by Crippen LogP contribution is 2.20. The van der Waals surface area contributed by atoms with Crippen LogP contribution in [0.5, 0.6) is 0 Å². The number of rotatable bonds is 0. The van der Waals surface area contributed by atoms with Crippen LogP contribution >= 0.6 is 0 Å². The van der Waals surface area contributed by atoms with Gasteiger partial charge in [0.1, 0.15) is 5.82 Å². The number of nitrogen functional groups attached to an aromatic ring is 1. The van der Waals surface area contributed by atoms with Gasteiger partial charge >= 0.3 is 0 Å². The number of fused-ring (bicyclic) bond motifs is 1. The summed E-state index contributed by atoms with van der Waals surface area (Å²) in [7, 11) is 0. The van der Waals surface area contributed by atoms with Crippen LogP contribution in [0.15, 0.2) is 12.1 Å². The van der Waals surface area contributed by atoms with E-state index in [2.05, 4.69) is 16.1 Å². The highest BCUT2D eigenvalue weighted by atomic mass is 19.1. The van der Waals surface area contributed by atoms with Crippen molar-refractivity contribution in [2.45, 2.75) is 0 Å². The lowest BCUT2D eigenvalue weighted by atomic mass is 10.1. The third-order valence-electron chi connectivity index (χ3n) is 1.84. The number of hydrogen-bond acceptors (Lipinski definition) is 2. The number of nitrogens with one attached hydrogen (secondary N) is 1. The van der Waals surface area contributed by atoms with E-state index in [1.807, 2.05) is 0 Å². The smallest absolute Gasteiger partial charge is 0.153 e. The molecule has 0 unspecified atom stereocenters. The molecule has 3 nitrogen and oxygen atoms in total. The number of halogens is 1. The molecule has 0 aliphatic rings. The molecule has 13 heavy (non-hydrogen) atoms. The molecule has 0 aliphatic carbocycles. The molecule has 0 amide bonds. The van der Waals surface area contributed by atoms with Gasteiger partial charge in [0.2, 0.25) is 0 Å². The molecule has 0 radical (unpaired) electrons. The van der Waals surface area contributed by atoms with Crippen molar-refractivity contribution in [2.24, 2.45) is 0 Å². The maximum Gasteiger partial charge on any atom is 0.153 e. The molecule has 1 aromatic carbocycles. The molecule has 1 aromatic heterocycles. The van der Waals surface area contributed by atoms with Gasteiger partial charge in [-0.3, -0.25) is 5.10 Å². The Labute approximate surface area is 73.7 Å². The van der Waals surface area contributed by atoms with Crippen molar-refractivity contribution < 1.29 is 4.39 Å². The fourth-order valence-electron chi connectivity index (χ4n) is 1.17. The summed E-state index contributed by atoms with van der Waals surface area (Å²) < 4.78 is 13.1. The van der Waals surface area contributed by atoms with Crippen LogP contribution in [0.4, 0.5) is 10.2 Å². The van der Waals surface area contributed by atoms with Gasteiger partial charge in [0.15, 0.2) is 5.82 Å². The van der Waals surface area contributed by atoms with E-state index in [0.29, 0.717) is 10.9 Å². The van der Waals surface area contributed by atoms with E-state index in [4.69, 9.17) is 12.2 Å². The highest BCUT2D eigenvalue weighted by Gasteiger charge is 2.06. The number of terminal acetylenes is 1.